The highest BCUT2D eigenvalue weighted by atomic mass is 35.5. The number of nitrogens with zero attached hydrogens (tertiary/aromatic N) is 2. The SMILES string of the molecule is O=C(Nc1ccc2c(c1)OCO2)N1CC(c2ccc(Cl)cc2)C(c2ccc(Cl)cc2)=N1. The number of hydrazone groups is 1. The fourth-order valence-electron chi connectivity index (χ4n) is 3.63. The summed E-state index contributed by atoms with van der Waals surface area (Å²) in [5.74, 6) is 1.16. The number of hydrogen-bond acceptors (Lipinski definition) is 4. The standard InChI is InChI=1S/C23H17Cl2N3O3/c24-16-5-1-14(2-6-16)19-12-28(27-22(19)15-3-7-17(25)8-4-15)23(29)26-18-9-10-20-21(11-18)31-13-30-20/h1-11,19H,12-13H2,(H,26,29). The van der Waals surface area contributed by atoms with E-state index >= 15 is 0 Å². The van der Waals surface area contributed by atoms with Crippen molar-refractivity contribution >= 4 is 40.6 Å². The highest BCUT2D eigenvalue weighted by Gasteiger charge is 2.32. The Morgan fingerprint density at radius 1 is 0.935 bits per heavy atom. The Labute approximate surface area is 189 Å². The number of urea groups is 1. The van der Waals surface area contributed by atoms with Crippen molar-refractivity contribution in [2.45, 2.75) is 5.92 Å². The third-order valence-electron chi connectivity index (χ3n) is 5.18. The minimum absolute atomic E-state index is 0.0963. The molecule has 0 spiro atoms. The molecule has 5 rings (SSSR count). The van der Waals surface area contributed by atoms with E-state index in [1.165, 1.54) is 5.01 Å². The van der Waals surface area contributed by atoms with Crippen LogP contribution < -0.4 is 14.8 Å². The lowest BCUT2D eigenvalue weighted by Crippen LogP contribution is -2.30. The van der Waals surface area contributed by atoms with E-state index in [0.717, 1.165) is 16.8 Å². The van der Waals surface area contributed by atoms with Crippen LogP contribution in [0.25, 0.3) is 0 Å². The first kappa shape index (κ1) is 19.7. The summed E-state index contributed by atoms with van der Waals surface area (Å²) in [7, 11) is 0. The first-order valence-electron chi connectivity index (χ1n) is 9.65. The molecular formula is C23H17Cl2N3O3. The summed E-state index contributed by atoms with van der Waals surface area (Å²) < 4.78 is 10.7. The Kier molecular flexibility index (Phi) is 5.18. The maximum Gasteiger partial charge on any atom is 0.342 e. The van der Waals surface area contributed by atoms with E-state index in [4.69, 9.17) is 32.7 Å². The van der Waals surface area contributed by atoms with Crippen molar-refractivity contribution in [3.8, 4) is 11.5 Å². The van der Waals surface area contributed by atoms with Crippen molar-refractivity contribution in [3.63, 3.8) is 0 Å². The Morgan fingerprint density at radius 3 is 2.35 bits per heavy atom. The summed E-state index contributed by atoms with van der Waals surface area (Å²) in [5.41, 5.74) is 3.33. The van der Waals surface area contributed by atoms with Gasteiger partial charge in [0.05, 0.1) is 12.3 Å². The van der Waals surface area contributed by atoms with E-state index in [1.807, 2.05) is 48.5 Å². The van der Waals surface area contributed by atoms with Gasteiger partial charge in [-0.3, -0.25) is 0 Å². The van der Waals surface area contributed by atoms with Crippen LogP contribution in [0.2, 0.25) is 10.0 Å². The lowest BCUT2D eigenvalue weighted by atomic mass is 9.91. The highest BCUT2D eigenvalue weighted by molar-refractivity contribution is 6.31. The zero-order valence-corrected chi connectivity index (χ0v) is 17.7. The maximum atomic E-state index is 13.0. The molecule has 3 aromatic carbocycles. The van der Waals surface area contributed by atoms with Gasteiger partial charge in [-0.1, -0.05) is 47.5 Å². The molecule has 31 heavy (non-hydrogen) atoms. The van der Waals surface area contributed by atoms with Gasteiger partial charge < -0.3 is 14.8 Å². The molecule has 0 radical (unpaired) electrons. The Hall–Kier alpha value is -3.22. The smallest absolute Gasteiger partial charge is 0.342 e. The lowest BCUT2D eigenvalue weighted by molar-refractivity contribution is 0.174. The van der Waals surface area contributed by atoms with E-state index in [2.05, 4.69) is 10.4 Å². The number of fused-ring (bicyclic) bond motifs is 1. The second-order valence-corrected chi connectivity index (χ2v) is 8.05. The molecule has 0 saturated carbocycles. The normalized spacial score (nSPS) is 16.9. The summed E-state index contributed by atoms with van der Waals surface area (Å²) in [6.07, 6.45) is 0. The summed E-state index contributed by atoms with van der Waals surface area (Å²) in [6.45, 7) is 0.576. The van der Waals surface area contributed by atoms with Crippen LogP contribution >= 0.6 is 23.2 Å². The molecule has 2 aliphatic heterocycles. The molecule has 0 saturated heterocycles. The predicted octanol–water partition coefficient (Wildman–Crippen LogP) is 5.76. The number of ether oxygens (including phenoxy) is 2. The number of rotatable bonds is 3. The molecule has 1 N–H and O–H groups in total. The molecule has 1 unspecified atom stereocenters. The van der Waals surface area contributed by atoms with E-state index < -0.39 is 0 Å². The molecule has 2 aliphatic rings. The minimum Gasteiger partial charge on any atom is -0.454 e. The molecule has 2 amide bonds. The van der Waals surface area contributed by atoms with Crippen molar-refractivity contribution in [3.05, 3.63) is 87.9 Å². The van der Waals surface area contributed by atoms with Crippen LogP contribution in [0.1, 0.15) is 17.0 Å². The quantitative estimate of drug-likeness (QED) is 0.548. The summed E-state index contributed by atoms with van der Waals surface area (Å²) in [4.78, 5) is 13.0. The van der Waals surface area contributed by atoms with Gasteiger partial charge in [0.1, 0.15) is 0 Å². The Morgan fingerprint density at radius 2 is 1.61 bits per heavy atom. The van der Waals surface area contributed by atoms with Crippen molar-refractivity contribution in [1.82, 2.24) is 5.01 Å². The molecule has 0 aromatic heterocycles. The summed E-state index contributed by atoms with van der Waals surface area (Å²) >= 11 is 12.1. The topological polar surface area (TPSA) is 63.2 Å². The zero-order valence-electron chi connectivity index (χ0n) is 16.2. The third kappa shape index (κ3) is 4.04. The van der Waals surface area contributed by atoms with Crippen LogP contribution in [-0.4, -0.2) is 30.1 Å². The monoisotopic (exact) mass is 453 g/mol. The van der Waals surface area contributed by atoms with Crippen LogP contribution in [0.3, 0.4) is 0 Å². The first-order valence-corrected chi connectivity index (χ1v) is 10.4. The zero-order chi connectivity index (χ0) is 21.4. The van der Waals surface area contributed by atoms with Crippen molar-refractivity contribution in [1.29, 1.82) is 0 Å². The van der Waals surface area contributed by atoms with Gasteiger partial charge in [0.2, 0.25) is 6.79 Å². The second kappa shape index (κ2) is 8.13. The molecule has 8 heteroatoms. The molecule has 156 valence electrons. The Bertz CT molecular complexity index is 1160. The van der Waals surface area contributed by atoms with Gasteiger partial charge in [0, 0.05) is 27.7 Å². The van der Waals surface area contributed by atoms with E-state index in [9.17, 15) is 4.79 Å². The van der Waals surface area contributed by atoms with Crippen LogP contribution in [0.5, 0.6) is 11.5 Å². The van der Waals surface area contributed by atoms with Gasteiger partial charge in [-0.15, -0.1) is 0 Å². The number of nitrogens with one attached hydrogen (secondary N) is 1. The number of benzene rings is 3. The van der Waals surface area contributed by atoms with Crippen LogP contribution in [0.15, 0.2) is 71.8 Å². The van der Waals surface area contributed by atoms with Crippen molar-refractivity contribution < 1.29 is 14.3 Å². The molecule has 2 heterocycles. The lowest BCUT2D eigenvalue weighted by Gasteiger charge is -2.16. The maximum absolute atomic E-state index is 13.0. The first-order chi connectivity index (χ1) is 15.1. The van der Waals surface area contributed by atoms with Gasteiger partial charge in [-0.2, -0.15) is 5.10 Å². The fraction of sp³-hybridized carbons (Fsp3) is 0.130. The number of carbonyl (C=O) groups excluding carboxylic acids is 1. The van der Waals surface area contributed by atoms with E-state index in [0.29, 0.717) is 33.8 Å². The second-order valence-electron chi connectivity index (χ2n) is 7.18. The van der Waals surface area contributed by atoms with Gasteiger partial charge in [-0.05, 0) is 47.5 Å². The molecule has 0 bridgehead atoms. The number of amides is 2. The summed E-state index contributed by atoms with van der Waals surface area (Å²) in [6, 6.07) is 20.0. The van der Waals surface area contributed by atoms with Crippen molar-refractivity contribution in [2.24, 2.45) is 5.10 Å². The predicted molar refractivity (Wildman–Crippen MR) is 120 cm³/mol. The largest absolute Gasteiger partial charge is 0.454 e. The highest BCUT2D eigenvalue weighted by Crippen LogP contribution is 2.35. The number of carbonyl (C=O) groups is 1. The average molecular weight is 454 g/mol. The van der Waals surface area contributed by atoms with Gasteiger partial charge in [-0.25, -0.2) is 9.80 Å². The van der Waals surface area contributed by atoms with Crippen LogP contribution in [0.4, 0.5) is 10.5 Å². The fourth-order valence-corrected chi connectivity index (χ4v) is 3.88. The molecule has 0 fully saturated rings. The molecule has 0 aliphatic carbocycles. The number of hydrogen-bond donors (Lipinski definition) is 1. The minimum atomic E-state index is -0.332. The average Bonchev–Trinajstić information content (AvgIpc) is 3.42. The van der Waals surface area contributed by atoms with E-state index in [-0.39, 0.29) is 18.7 Å². The Balaban J connectivity index is 1.42. The number of anilines is 1. The number of halogens is 2. The molecular weight excluding hydrogens is 437 g/mol. The van der Waals surface area contributed by atoms with Gasteiger partial charge in [0.15, 0.2) is 11.5 Å². The van der Waals surface area contributed by atoms with Gasteiger partial charge >= 0.3 is 6.03 Å². The van der Waals surface area contributed by atoms with Crippen molar-refractivity contribution in [2.75, 3.05) is 18.7 Å². The molecule has 1 atom stereocenters. The molecule has 3 aromatic rings. The molecule has 6 nitrogen and oxygen atoms in total. The van der Waals surface area contributed by atoms with E-state index in [1.54, 1.807) is 18.2 Å². The van der Waals surface area contributed by atoms with Crippen LogP contribution in [-0.2, 0) is 0 Å². The summed E-state index contributed by atoms with van der Waals surface area (Å²) in [5, 5.41) is 10.3. The third-order valence-corrected chi connectivity index (χ3v) is 5.69. The van der Waals surface area contributed by atoms with Crippen LogP contribution in [0, 0.1) is 0 Å². The van der Waals surface area contributed by atoms with Gasteiger partial charge in [0.25, 0.3) is 0 Å².